The van der Waals surface area contributed by atoms with Gasteiger partial charge in [0.05, 0.1) is 0 Å². The summed E-state index contributed by atoms with van der Waals surface area (Å²) in [5.74, 6) is -0.553. The molecule has 0 spiro atoms. The van der Waals surface area contributed by atoms with Crippen LogP contribution in [0.3, 0.4) is 0 Å². The molecule has 8 heteroatoms. The SMILES string of the molecule is O=C(NCC(C(=O)O)N1CCCCC1)c1ccc(OCc2ccnc(Br)c2)cc1. The summed E-state index contributed by atoms with van der Waals surface area (Å²) < 4.78 is 6.47. The number of hydrogen-bond acceptors (Lipinski definition) is 5. The fraction of sp³-hybridized carbons (Fsp3) is 0.381. The highest BCUT2D eigenvalue weighted by Gasteiger charge is 2.27. The van der Waals surface area contributed by atoms with E-state index in [0.717, 1.165) is 42.5 Å². The second kappa shape index (κ2) is 10.4. The maximum atomic E-state index is 12.4. The fourth-order valence-electron chi connectivity index (χ4n) is 3.30. The molecule has 2 aromatic rings. The Hall–Kier alpha value is -2.45. The van der Waals surface area contributed by atoms with E-state index in [1.807, 2.05) is 17.0 Å². The number of pyridine rings is 1. The van der Waals surface area contributed by atoms with Crippen LogP contribution in [0, 0.1) is 0 Å². The molecule has 1 aliphatic heterocycles. The van der Waals surface area contributed by atoms with Crippen LogP contribution in [0.15, 0.2) is 47.2 Å². The lowest BCUT2D eigenvalue weighted by atomic mass is 10.1. The monoisotopic (exact) mass is 461 g/mol. The van der Waals surface area contributed by atoms with E-state index in [1.165, 1.54) is 0 Å². The van der Waals surface area contributed by atoms with E-state index in [0.29, 0.717) is 17.9 Å². The number of likely N-dealkylation sites (tertiary alicyclic amines) is 1. The number of carbonyl (C=O) groups excluding carboxylic acids is 1. The average Bonchev–Trinajstić information content (AvgIpc) is 2.73. The molecular weight excluding hydrogens is 438 g/mol. The molecule has 1 fully saturated rings. The van der Waals surface area contributed by atoms with Gasteiger partial charge in [-0.25, -0.2) is 4.98 Å². The number of carbonyl (C=O) groups is 2. The van der Waals surface area contributed by atoms with Crippen LogP contribution in [0.4, 0.5) is 0 Å². The summed E-state index contributed by atoms with van der Waals surface area (Å²) in [6, 6.07) is 9.85. The van der Waals surface area contributed by atoms with Crippen molar-refractivity contribution in [2.75, 3.05) is 19.6 Å². The lowest BCUT2D eigenvalue weighted by molar-refractivity contribution is -0.143. The number of halogens is 1. The van der Waals surface area contributed by atoms with Gasteiger partial charge in [0.1, 0.15) is 23.0 Å². The van der Waals surface area contributed by atoms with E-state index in [1.54, 1.807) is 30.5 Å². The molecule has 0 radical (unpaired) electrons. The van der Waals surface area contributed by atoms with Crippen LogP contribution in [-0.4, -0.2) is 52.5 Å². The van der Waals surface area contributed by atoms with Crippen molar-refractivity contribution in [2.24, 2.45) is 0 Å². The number of amides is 1. The Bertz CT molecular complexity index is 838. The summed E-state index contributed by atoms with van der Waals surface area (Å²) in [5, 5.41) is 12.2. The van der Waals surface area contributed by atoms with Crippen LogP contribution in [0.25, 0.3) is 0 Å². The molecule has 2 N–H and O–H groups in total. The minimum absolute atomic E-state index is 0.0866. The van der Waals surface area contributed by atoms with Gasteiger partial charge < -0.3 is 15.2 Å². The van der Waals surface area contributed by atoms with Gasteiger partial charge in [-0.05, 0) is 83.8 Å². The number of ether oxygens (including phenoxy) is 1. The number of hydrogen-bond donors (Lipinski definition) is 2. The van der Waals surface area contributed by atoms with Gasteiger partial charge in [0.25, 0.3) is 5.91 Å². The maximum Gasteiger partial charge on any atom is 0.322 e. The lowest BCUT2D eigenvalue weighted by Gasteiger charge is -2.31. The van der Waals surface area contributed by atoms with Crippen molar-refractivity contribution in [3.05, 3.63) is 58.3 Å². The summed E-state index contributed by atoms with van der Waals surface area (Å²) in [5.41, 5.74) is 1.44. The van der Waals surface area contributed by atoms with Gasteiger partial charge in [0.15, 0.2) is 0 Å². The Kier molecular flexibility index (Phi) is 7.60. The third-order valence-electron chi connectivity index (χ3n) is 4.89. The largest absolute Gasteiger partial charge is 0.489 e. The highest BCUT2D eigenvalue weighted by molar-refractivity contribution is 9.10. The molecule has 0 bridgehead atoms. The second-order valence-corrected chi connectivity index (χ2v) is 7.77. The molecule has 3 rings (SSSR count). The predicted molar refractivity (Wildman–Crippen MR) is 112 cm³/mol. The summed E-state index contributed by atoms with van der Waals surface area (Å²) in [7, 11) is 0. The highest BCUT2D eigenvalue weighted by Crippen LogP contribution is 2.16. The molecule has 1 aromatic heterocycles. The summed E-state index contributed by atoms with van der Waals surface area (Å²) >= 11 is 3.32. The minimum Gasteiger partial charge on any atom is -0.489 e. The van der Waals surface area contributed by atoms with E-state index in [4.69, 9.17) is 4.74 Å². The zero-order valence-corrected chi connectivity index (χ0v) is 17.6. The zero-order valence-electron chi connectivity index (χ0n) is 16.0. The smallest absolute Gasteiger partial charge is 0.322 e. The molecule has 154 valence electrons. The van der Waals surface area contributed by atoms with Crippen molar-refractivity contribution in [2.45, 2.75) is 31.9 Å². The van der Waals surface area contributed by atoms with Gasteiger partial charge in [-0.2, -0.15) is 0 Å². The summed E-state index contributed by atoms with van der Waals surface area (Å²) in [4.78, 5) is 30.0. The molecule has 0 saturated carbocycles. The topological polar surface area (TPSA) is 91.8 Å². The van der Waals surface area contributed by atoms with Crippen molar-refractivity contribution in [1.29, 1.82) is 0 Å². The molecule has 1 aliphatic rings. The molecule has 1 amide bonds. The van der Waals surface area contributed by atoms with Crippen molar-refractivity contribution in [1.82, 2.24) is 15.2 Å². The highest BCUT2D eigenvalue weighted by atomic mass is 79.9. The summed E-state index contributed by atoms with van der Waals surface area (Å²) in [6.07, 6.45) is 4.82. The van der Waals surface area contributed by atoms with Gasteiger partial charge in [-0.3, -0.25) is 14.5 Å². The normalized spacial score (nSPS) is 15.5. The van der Waals surface area contributed by atoms with Crippen LogP contribution in [0.2, 0.25) is 0 Å². The number of rotatable bonds is 8. The van der Waals surface area contributed by atoms with E-state index in [9.17, 15) is 14.7 Å². The third-order valence-corrected chi connectivity index (χ3v) is 5.32. The zero-order chi connectivity index (χ0) is 20.6. The molecular formula is C21H24BrN3O4. The minimum atomic E-state index is -0.904. The molecule has 0 aliphatic carbocycles. The molecule has 2 heterocycles. The van der Waals surface area contributed by atoms with Crippen LogP contribution < -0.4 is 10.1 Å². The molecule has 1 atom stereocenters. The van der Waals surface area contributed by atoms with Gasteiger partial charge in [-0.1, -0.05) is 6.42 Å². The van der Waals surface area contributed by atoms with Crippen LogP contribution in [-0.2, 0) is 11.4 Å². The first kappa shape index (κ1) is 21.3. The second-order valence-electron chi connectivity index (χ2n) is 6.96. The first-order chi connectivity index (χ1) is 14.0. The quantitative estimate of drug-likeness (QED) is 0.586. The molecule has 1 saturated heterocycles. The number of aromatic nitrogens is 1. The summed E-state index contributed by atoms with van der Waals surface area (Å²) in [6.45, 7) is 1.99. The number of nitrogens with one attached hydrogen (secondary N) is 1. The first-order valence-corrected chi connectivity index (χ1v) is 10.4. The van der Waals surface area contributed by atoms with E-state index < -0.39 is 12.0 Å². The number of piperidine rings is 1. The Morgan fingerprint density at radius 3 is 2.55 bits per heavy atom. The van der Waals surface area contributed by atoms with Crippen molar-refractivity contribution >= 4 is 27.8 Å². The van der Waals surface area contributed by atoms with E-state index in [-0.39, 0.29) is 12.5 Å². The first-order valence-electron chi connectivity index (χ1n) is 9.61. The van der Waals surface area contributed by atoms with Crippen molar-refractivity contribution < 1.29 is 19.4 Å². The third kappa shape index (κ3) is 6.27. The Labute approximate surface area is 178 Å². The van der Waals surface area contributed by atoms with Crippen LogP contribution >= 0.6 is 15.9 Å². The number of carboxylic acid groups (broad SMARTS) is 1. The van der Waals surface area contributed by atoms with E-state index in [2.05, 4.69) is 26.2 Å². The predicted octanol–water partition coefficient (Wildman–Crippen LogP) is 3.09. The lowest BCUT2D eigenvalue weighted by Crippen LogP contribution is -2.50. The standard InChI is InChI=1S/C21H24BrN3O4/c22-19-12-15(8-9-23-19)14-29-17-6-4-16(5-7-17)20(26)24-13-18(21(27)28)25-10-2-1-3-11-25/h4-9,12,18H,1-3,10-11,13-14H2,(H,24,26)(H,27,28). The van der Waals surface area contributed by atoms with Crippen molar-refractivity contribution in [3.8, 4) is 5.75 Å². The average molecular weight is 462 g/mol. The fourth-order valence-corrected chi connectivity index (χ4v) is 3.71. The van der Waals surface area contributed by atoms with Crippen molar-refractivity contribution in [3.63, 3.8) is 0 Å². The Balaban J connectivity index is 1.52. The number of benzene rings is 1. The van der Waals surface area contributed by atoms with Crippen LogP contribution in [0.5, 0.6) is 5.75 Å². The van der Waals surface area contributed by atoms with Gasteiger partial charge >= 0.3 is 5.97 Å². The maximum absolute atomic E-state index is 12.4. The van der Waals surface area contributed by atoms with Gasteiger partial charge in [0, 0.05) is 18.3 Å². The Morgan fingerprint density at radius 1 is 1.17 bits per heavy atom. The van der Waals surface area contributed by atoms with Crippen LogP contribution in [0.1, 0.15) is 35.2 Å². The number of carboxylic acids is 1. The van der Waals surface area contributed by atoms with E-state index >= 15 is 0 Å². The number of aliphatic carboxylic acids is 1. The van der Waals surface area contributed by atoms with Gasteiger partial charge in [-0.15, -0.1) is 0 Å². The molecule has 7 nitrogen and oxygen atoms in total. The molecule has 29 heavy (non-hydrogen) atoms. The molecule has 1 aromatic carbocycles. The molecule has 1 unspecified atom stereocenters. The Morgan fingerprint density at radius 2 is 1.90 bits per heavy atom. The number of nitrogens with zero attached hydrogens (tertiary/aromatic N) is 2. The van der Waals surface area contributed by atoms with Gasteiger partial charge in [0.2, 0.25) is 0 Å².